The summed E-state index contributed by atoms with van der Waals surface area (Å²) in [6.45, 7) is 0. The molecule has 0 fully saturated rings. The molecule has 2 rings (SSSR count). The molecule has 0 radical (unpaired) electrons. The van der Waals surface area contributed by atoms with Gasteiger partial charge >= 0.3 is 0 Å². The summed E-state index contributed by atoms with van der Waals surface area (Å²) >= 11 is 0. The first-order valence-electron chi connectivity index (χ1n) is 5.49. The number of nitrogens with one attached hydrogen (secondary N) is 1. The quantitative estimate of drug-likeness (QED) is 0.881. The van der Waals surface area contributed by atoms with Crippen molar-refractivity contribution < 1.29 is 13.2 Å². The second-order valence-corrected chi connectivity index (χ2v) is 3.98. The minimum atomic E-state index is -0.651. The summed E-state index contributed by atoms with van der Waals surface area (Å²) < 4.78 is 39.5. The molecule has 0 aliphatic rings. The third-order valence-corrected chi connectivity index (χ3v) is 2.69. The third kappa shape index (κ3) is 2.71. The highest BCUT2D eigenvalue weighted by atomic mass is 19.1. The molecule has 0 spiro atoms. The fourth-order valence-electron chi connectivity index (χ4n) is 1.95. The van der Waals surface area contributed by atoms with E-state index in [1.807, 2.05) is 0 Å². The van der Waals surface area contributed by atoms with Gasteiger partial charge < -0.3 is 5.32 Å². The van der Waals surface area contributed by atoms with Crippen LogP contribution < -0.4 is 5.32 Å². The number of rotatable bonds is 3. The molecule has 0 aliphatic carbocycles. The van der Waals surface area contributed by atoms with Gasteiger partial charge in [-0.3, -0.25) is 0 Å². The van der Waals surface area contributed by atoms with Gasteiger partial charge in [-0.05, 0) is 42.4 Å². The Morgan fingerprint density at radius 3 is 2.00 bits per heavy atom. The monoisotopic (exact) mass is 251 g/mol. The third-order valence-electron chi connectivity index (χ3n) is 2.69. The van der Waals surface area contributed by atoms with Crippen molar-refractivity contribution in [3.63, 3.8) is 0 Å². The smallest absolute Gasteiger partial charge is 0.126 e. The molecule has 0 heterocycles. The maximum Gasteiger partial charge on any atom is 0.126 e. The Kier molecular flexibility index (Phi) is 3.67. The molecule has 1 unspecified atom stereocenters. The van der Waals surface area contributed by atoms with Crippen LogP contribution in [0.15, 0.2) is 42.5 Å². The van der Waals surface area contributed by atoms with Gasteiger partial charge in [-0.15, -0.1) is 0 Å². The average molecular weight is 251 g/mol. The number of benzene rings is 2. The van der Waals surface area contributed by atoms with Crippen LogP contribution in [-0.4, -0.2) is 7.05 Å². The molecule has 0 saturated heterocycles. The molecule has 1 N–H and O–H groups in total. The van der Waals surface area contributed by atoms with Crippen molar-refractivity contribution in [1.82, 2.24) is 5.32 Å². The first-order valence-corrected chi connectivity index (χ1v) is 5.49. The van der Waals surface area contributed by atoms with Crippen molar-refractivity contribution in [2.24, 2.45) is 0 Å². The van der Waals surface area contributed by atoms with Crippen molar-refractivity contribution >= 4 is 0 Å². The van der Waals surface area contributed by atoms with Crippen molar-refractivity contribution in [2.75, 3.05) is 7.05 Å². The molecule has 1 atom stereocenters. The Bertz CT molecular complexity index is 534. The Hall–Kier alpha value is -1.81. The topological polar surface area (TPSA) is 12.0 Å². The van der Waals surface area contributed by atoms with Gasteiger partial charge in [-0.25, -0.2) is 13.2 Å². The van der Waals surface area contributed by atoms with Crippen molar-refractivity contribution in [3.8, 4) is 0 Å². The Morgan fingerprint density at radius 2 is 1.44 bits per heavy atom. The molecule has 4 heteroatoms. The maximum atomic E-state index is 13.2. The lowest BCUT2D eigenvalue weighted by Crippen LogP contribution is -2.18. The maximum absolute atomic E-state index is 13.2. The van der Waals surface area contributed by atoms with Crippen molar-refractivity contribution in [2.45, 2.75) is 6.04 Å². The molecular weight excluding hydrogens is 239 g/mol. The summed E-state index contributed by atoms with van der Waals surface area (Å²) in [5, 5.41) is 2.92. The molecule has 1 nitrogen and oxygen atoms in total. The first-order chi connectivity index (χ1) is 8.60. The van der Waals surface area contributed by atoms with Crippen LogP contribution in [0.25, 0.3) is 0 Å². The molecule has 94 valence electrons. The van der Waals surface area contributed by atoms with E-state index in [9.17, 15) is 13.2 Å². The van der Waals surface area contributed by atoms with Crippen LogP contribution in [-0.2, 0) is 0 Å². The van der Waals surface area contributed by atoms with E-state index >= 15 is 0 Å². The standard InChI is InChI=1S/C14H12F3N/c1-18-14(9-3-2-4-11(15)5-9)10-6-12(16)8-13(17)7-10/h2-8,14,18H,1H3. The normalized spacial score (nSPS) is 12.4. The van der Waals surface area contributed by atoms with Crippen LogP contribution >= 0.6 is 0 Å². The van der Waals surface area contributed by atoms with Crippen LogP contribution in [0.5, 0.6) is 0 Å². The molecule has 0 amide bonds. The van der Waals surface area contributed by atoms with E-state index in [4.69, 9.17) is 0 Å². The van der Waals surface area contributed by atoms with E-state index in [0.717, 1.165) is 6.07 Å². The van der Waals surface area contributed by atoms with Gasteiger partial charge in [0.2, 0.25) is 0 Å². The molecule has 0 saturated carbocycles. The Morgan fingerprint density at radius 1 is 0.833 bits per heavy atom. The first kappa shape index (κ1) is 12.6. The molecule has 2 aromatic carbocycles. The largest absolute Gasteiger partial charge is 0.309 e. The molecule has 0 bridgehead atoms. The summed E-state index contributed by atoms with van der Waals surface area (Å²) in [4.78, 5) is 0. The Labute approximate surface area is 103 Å². The van der Waals surface area contributed by atoms with Gasteiger partial charge in [-0.1, -0.05) is 12.1 Å². The number of halogens is 3. The fourth-order valence-corrected chi connectivity index (χ4v) is 1.95. The van der Waals surface area contributed by atoms with E-state index in [0.29, 0.717) is 11.1 Å². The van der Waals surface area contributed by atoms with E-state index in [1.54, 1.807) is 19.2 Å². The zero-order valence-corrected chi connectivity index (χ0v) is 9.75. The van der Waals surface area contributed by atoms with E-state index in [2.05, 4.69) is 5.32 Å². The van der Waals surface area contributed by atoms with Crippen LogP contribution in [0.4, 0.5) is 13.2 Å². The minimum Gasteiger partial charge on any atom is -0.309 e. The second-order valence-electron chi connectivity index (χ2n) is 3.98. The van der Waals surface area contributed by atoms with Crippen molar-refractivity contribution in [3.05, 3.63) is 71.0 Å². The highest BCUT2D eigenvalue weighted by molar-refractivity contribution is 5.32. The highest BCUT2D eigenvalue weighted by Gasteiger charge is 2.14. The average Bonchev–Trinajstić information content (AvgIpc) is 2.28. The van der Waals surface area contributed by atoms with E-state index in [1.165, 1.54) is 24.3 Å². The zero-order chi connectivity index (χ0) is 13.1. The van der Waals surface area contributed by atoms with E-state index in [-0.39, 0.29) is 5.82 Å². The van der Waals surface area contributed by atoms with E-state index < -0.39 is 17.7 Å². The highest BCUT2D eigenvalue weighted by Crippen LogP contribution is 2.23. The summed E-state index contributed by atoms with van der Waals surface area (Å²) in [7, 11) is 1.65. The molecule has 2 aromatic rings. The number of hydrogen-bond acceptors (Lipinski definition) is 1. The predicted octanol–water partition coefficient (Wildman–Crippen LogP) is 3.41. The van der Waals surface area contributed by atoms with Gasteiger partial charge in [0, 0.05) is 6.07 Å². The molecule has 18 heavy (non-hydrogen) atoms. The molecule has 0 aliphatic heterocycles. The zero-order valence-electron chi connectivity index (χ0n) is 9.75. The summed E-state index contributed by atoms with van der Waals surface area (Å²) in [5.74, 6) is -1.69. The fraction of sp³-hybridized carbons (Fsp3) is 0.143. The minimum absolute atomic E-state index is 0.385. The van der Waals surface area contributed by atoms with Gasteiger partial charge in [0.25, 0.3) is 0 Å². The lowest BCUT2D eigenvalue weighted by atomic mass is 9.98. The molecule has 0 aromatic heterocycles. The number of hydrogen-bond donors (Lipinski definition) is 1. The van der Waals surface area contributed by atoms with Gasteiger partial charge in [0.05, 0.1) is 6.04 Å². The second kappa shape index (κ2) is 5.23. The lowest BCUT2D eigenvalue weighted by molar-refractivity contribution is 0.570. The van der Waals surface area contributed by atoms with Gasteiger partial charge in [0.1, 0.15) is 17.5 Å². The van der Waals surface area contributed by atoms with Crippen molar-refractivity contribution in [1.29, 1.82) is 0 Å². The SMILES string of the molecule is CNC(c1cccc(F)c1)c1cc(F)cc(F)c1. The van der Waals surface area contributed by atoms with Gasteiger partial charge in [0.15, 0.2) is 0 Å². The molecular formula is C14H12F3N. The van der Waals surface area contributed by atoms with Crippen LogP contribution in [0.2, 0.25) is 0 Å². The van der Waals surface area contributed by atoms with Gasteiger partial charge in [-0.2, -0.15) is 0 Å². The predicted molar refractivity (Wildman–Crippen MR) is 63.7 cm³/mol. The summed E-state index contributed by atoms with van der Waals surface area (Å²) in [6, 6.07) is 8.74. The van der Waals surface area contributed by atoms with Crippen LogP contribution in [0.1, 0.15) is 17.2 Å². The van der Waals surface area contributed by atoms with Crippen LogP contribution in [0.3, 0.4) is 0 Å². The Balaban J connectivity index is 2.45. The lowest BCUT2D eigenvalue weighted by Gasteiger charge is -2.17. The summed E-state index contributed by atoms with van der Waals surface area (Å²) in [6.07, 6.45) is 0. The summed E-state index contributed by atoms with van der Waals surface area (Å²) in [5.41, 5.74) is 1.03. The van der Waals surface area contributed by atoms with Crippen LogP contribution in [0, 0.1) is 17.5 Å².